The highest BCUT2D eigenvalue weighted by Gasteiger charge is 2.33. The fourth-order valence-electron chi connectivity index (χ4n) is 1.73. The first-order valence-corrected chi connectivity index (χ1v) is 6.00. The summed E-state index contributed by atoms with van der Waals surface area (Å²) >= 11 is 0. The van der Waals surface area contributed by atoms with E-state index in [1.807, 2.05) is 0 Å². The maximum absolute atomic E-state index is 12.3. The Morgan fingerprint density at radius 3 is 2.37 bits per heavy atom. The van der Waals surface area contributed by atoms with Crippen molar-refractivity contribution in [2.24, 2.45) is 5.10 Å². The molecule has 0 saturated carbocycles. The van der Waals surface area contributed by atoms with Crippen LogP contribution in [0.25, 0.3) is 0 Å². The van der Waals surface area contributed by atoms with E-state index in [1.54, 1.807) is 20.8 Å². The number of amides is 2. The van der Waals surface area contributed by atoms with Gasteiger partial charge in [0.25, 0.3) is 5.91 Å². The normalized spacial score (nSPS) is 16.1. The van der Waals surface area contributed by atoms with E-state index in [2.05, 4.69) is 5.10 Å². The van der Waals surface area contributed by atoms with Crippen LogP contribution in [0.2, 0.25) is 0 Å². The Hall–Kier alpha value is -1.92. The SMILES string of the molecule is CN1N=C(C(=O)N(CC(=O)O)C(C)(C)C)CCC1=O. The lowest BCUT2D eigenvalue weighted by atomic mass is 10.0. The molecule has 7 nitrogen and oxygen atoms in total. The number of rotatable bonds is 3. The molecule has 0 saturated heterocycles. The highest BCUT2D eigenvalue weighted by molar-refractivity contribution is 6.39. The Labute approximate surface area is 111 Å². The monoisotopic (exact) mass is 269 g/mol. The van der Waals surface area contributed by atoms with Gasteiger partial charge in [0.15, 0.2) is 0 Å². The molecule has 1 heterocycles. The molecular weight excluding hydrogens is 250 g/mol. The fraction of sp³-hybridized carbons (Fsp3) is 0.667. The zero-order valence-corrected chi connectivity index (χ0v) is 11.6. The van der Waals surface area contributed by atoms with Gasteiger partial charge in [-0.3, -0.25) is 14.4 Å². The Morgan fingerprint density at radius 2 is 1.95 bits per heavy atom. The maximum Gasteiger partial charge on any atom is 0.323 e. The number of carboxylic acids is 1. The number of hydrogen-bond acceptors (Lipinski definition) is 4. The molecule has 1 N–H and O–H groups in total. The third-order valence-corrected chi connectivity index (χ3v) is 2.80. The molecule has 106 valence electrons. The van der Waals surface area contributed by atoms with Crippen molar-refractivity contribution in [3.8, 4) is 0 Å². The van der Waals surface area contributed by atoms with Crippen LogP contribution in [0.4, 0.5) is 0 Å². The van der Waals surface area contributed by atoms with Gasteiger partial charge in [0.2, 0.25) is 5.91 Å². The number of nitrogens with zero attached hydrogens (tertiary/aromatic N) is 3. The number of carboxylic acid groups (broad SMARTS) is 1. The second-order valence-corrected chi connectivity index (χ2v) is 5.42. The van der Waals surface area contributed by atoms with Crippen LogP contribution < -0.4 is 0 Å². The van der Waals surface area contributed by atoms with Crippen molar-refractivity contribution in [2.75, 3.05) is 13.6 Å². The molecule has 2 amide bonds. The highest BCUT2D eigenvalue weighted by Crippen LogP contribution is 2.17. The van der Waals surface area contributed by atoms with Gasteiger partial charge in [-0.05, 0) is 20.8 Å². The topological polar surface area (TPSA) is 90.3 Å². The van der Waals surface area contributed by atoms with Gasteiger partial charge in [-0.25, -0.2) is 5.01 Å². The average Bonchev–Trinajstić information content (AvgIpc) is 2.27. The first kappa shape index (κ1) is 15.1. The third kappa shape index (κ3) is 3.77. The van der Waals surface area contributed by atoms with E-state index < -0.39 is 17.4 Å². The lowest BCUT2D eigenvalue weighted by molar-refractivity contribution is -0.145. The minimum absolute atomic E-state index is 0.155. The predicted molar refractivity (Wildman–Crippen MR) is 68.5 cm³/mol. The van der Waals surface area contributed by atoms with Crippen LogP contribution in [-0.2, 0) is 14.4 Å². The van der Waals surface area contributed by atoms with Gasteiger partial charge in [0, 0.05) is 25.4 Å². The van der Waals surface area contributed by atoms with Crippen molar-refractivity contribution in [1.29, 1.82) is 0 Å². The maximum atomic E-state index is 12.3. The largest absolute Gasteiger partial charge is 0.480 e. The summed E-state index contributed by atoms with van der Waals surface area (Å²) in [6.45, 7) is 4.88. The molecule has 0 aromatic carbocycles. The molecule has 0 aromatic heterocycles. The molecule has 0 atom stereocenters. The predicted octanol–water partition coefficient (Wildman–Crippen LogP) is 0.306. The van der Waals surface area contributed by atoms with Crippen LogP contribution in [0.3, 0.4) is 0 Å². The van der Waals surface area contributed by atoms with Crippen LogP contribution in [0.15, 0.2) is 5.10 Å². The number of aliphatic carboxylic acids is 1. The van der Waals surface area contributed by atoms with Crippen molar-refractivity contribution >= 4 is 23.5 Å². The Morgan fingerprint density at radius 1 is 1.37 bits per heavy atom. The number of carbonyl (C=O) groups is 3. The molecule has 1 aliphatic heterocycles. The molecule has 0 spiro atoms. The van der Waals surface area contributed by atoms with Crippen molar-refractivity contribution in [3.63, 3.8) is 0 Å². The Balaban J connectivity index is 2.98. The summed E-state index contributed by atoms with van der Waals surface area (Å²) in [4.78, 5) is 35.7. The van der Waals surface area contributed by atoms with E-state index in [9.17, 15) is 14.4 Å². The van der Waals surface area contributed by atoms with Crippen LogP contribution in [0, 0.1) is 0 Å². The first-order valence-electron chi connectivity index (χ1n) is 6.00. The molecule has 0 aliphatic carbocycles. The molecule has 19 heavy (non-hydrogen) atoms. The molecule has 1 rings (SSSR count). The van der Waals surface area contributed by atoms with Gasteiger partial charge in [0.05, 0.1) is 0 Å². The minimum atomic E-state index is -1.08. The summed E-state index contributed by atoms with van der Waals surface area (Å²) in [6.07, 6.45) is 0.459. The Bertz CT molecular complexity index is 437. The van der Waals surface area contributed by atoms with Crippen molar-refractivity contribution in [3.05, 3.63) is 0 Å². The summed E-state index contributed by atoms with van der Waals surface area (Å²) in [6, 6.07) is 0. The molecule has 0 unspecified atom stereocenters. The molecule has 0 radical (unpaired) electrons. The van der Waals surface area contributed by atoms with Crippen molar-refractivity contribution < 1.29 is 19.5 Å². The van der Waals surface area contributed by atoms with E-state index in [0.717, 1.165) is 5.01 Å². The third-order valence-electron chi connectivity index (χ3n) is 2.80. The fourth-order valence-corrected chi connectivity index (χ4v) is 1.73. The smallest absolute Gasteiger partial charge is 0.323 e. The van der Waals surface area contributed by atoms with E-state index >= 15 is 0 Å². The molecular formula is C12H19N3O4. The molecule has 0 fully saturated rings. The standard InChI is InChI=1S/C12H19N3O4/c1-12(2,3)15(7-10(17)18)11(19)8-5-6-9(16)14(4)13-8/h5-7H2,1-4H3,(H,17,18). The van der Waals surface area contributed by atoms with Gasteiger partial charge >= 0.3 is 5.97 Å². The van der Waals surface area contributed by atoms with E-state index in [-0.39, 0.29) is 31.0 Å². The lowest BCUT2D eigenvalue weighted by Gasteiger charge is -2.35. The first-order chi connectivity index (χ1) is 8.62. The average molecular weight is 269 g/mol. The summed E-state index contributed by atoms with van der Waals surface area (Å²) in [5.74, 6) is -1.67. The van der Waals surface area contributed by atoms with Gasteiger partial charge in [-0.15, -0.1) is 0 Å². The highest BCUT2D eigenvalue weighted by atomic mass is 16.4. The minimum Gasteiger partial charge on any atom is -0.480 e. The van der Waals surface area contributed by atoms with Crippen molar-refractivity contribution in [1.82, 2.24) is 9.91 Å². The van der Waals surface area contributed by atoms with Crippen molar-refractivity contribution in [2.45, 2.75) is 39.2 Å². The summed E-state index contributed by atoms with van der Waals surface area (Å²) in [7, 11) is 1.48. The quantitative estimate of drug-likeness (QED) is 0.798. The zero-order valence-electron chi connectivity index (χ0n) is 11.6. The number of hydrogen-bond donors (Lipinski definition) is 1. The van der Waals surface area contributed by atoms with Crippen LogP contribution in [0.5, 0.6) is 0 Å². The number of hydrazone groups is 1. The Kier molecular flexibility index (Phi) is 4.28. The van der Waals surface area contributed by atoms with E-state index in [4.69, 9.17) is 5.11 Å². The van der Waals surface area contributed by atoms with Gasteiger partial charge in [-0.2, -0.15) is 5.10 Å². The molecule has 0 bridgehead atoms. The van der Waals surface area contributed by atoms with Gasteiger partial charge in [-0.1, -0.05) is 0 Å². The number of carbonyl (C=O) groups excluding carboxylic acids is 2. The second-order valence-electron chi connectivity index (χ2n) is 5.42. The van der Waals surface area contributed by atoms with Crippen LogP contribution in [-0.4, -0.2) is 57.6 Å². The van der Waals surface area contributed by atoms with Crippen LogP contribution in [0.1, 0.15) is 33.6 Å². The van der Waals surface area contributed by atoms with Crippen LogP contribution >= 0.6 is 0 Å². The summed E-state index contributed by atoms with van der Waals surface area (Å²) < 4.78 is 0. The lowest BCUT2D eigenvalue weighted by Crippen LogP contribution is -2.51. The molecule has 1 aliphatic rings. The van der Waals surface area contributed by atoms with E-state index in [1.165, 1.54) is 11.9 Å². The summed E-state index contributed by atoms with van der Waals surface area (Å²) in [5, 5.41) is 13.9. The van der Waals surface area contributed by atoms with E-state index in [0.29, 0.717) is 0 Å². The second kappa shape index (κ2) is 5.38. The molecule has 7 heteroatoms. The van der Waals surface area contributed by atoms with Gasteiger partial charge in [0.1, 0.15) is 12.3 Å². The zero-order chi connectivity index (χ0) is 14.8. The van der Waals surface area contributed by atoms with Gasteiger partial charge < -0.3 is 10.0 Å². The molecule has 0 aromatic rings. The summed E-state index contributed by atoms with van der Waals surface area (Å²) in [5.41, 5.74) is -0.406.